The number of benzene rings is 2. The quantitative estimate of drug-likeness (QED) is 0.581. The van der Waals surface area contributed by atoms with E-state index < -0.39 is 11.9 Å². The number of carbonyl (C=O) groups excluding carboxylic acids is 2. The van der Waals surface area contributed by atoms with Crippen LogP contribution in [-0.4, -0.2) is 25.0 Å². The molecule has 0 aliphatic carbocycles. The van der Waals surface area contributed by atoms with Crippen LogP contribution in [0.3, 0.4) is 0 Å². The third-order valence-electron chi connectivity index (χ3n) is 4.59. The molecular formula is C21H23NO4. The van der Waals surface area contributed by atoms with Gasteiger partial charge in [0.15, 0.2) is 0 Å². The Morgan fingerprint density at radius 3 is 2.50 bits per heavy atom. The molecule has 0 bridgehead atoms. The predicted octanol–water partition coefficient (Wildman–Crippen LogP) is 4.03. The molecule has 0 spiro atoms. The second-order valence-electron chi connectivity index (χ2n) is 6.26. The molecule has 1 aliphatic heterocycles. The lowest BCUT2D eigenvalue weighted by molar-refractivity contribution is -0.152. The summed E-state index contributed by atoms with van der Waals surface area (Å²) in [7, 11) is 0. The first-order valence-corrected chi connectivity index (χ1v) is 8.95. The van der Waals surface area contributed by atoms with Crippen LogP contribution in [0.5, 0.6) is 11.5 Å². The van der Waals surface area contributed by atoms with Gasteiger partial charge >= 0.3 is 5.97 Å². The molecule has 0 radical (unpaired) electrons. The Morgan fingerprint density at radius 2 is 1.81 bits per heavy atom. The molecule has 136 valence electrons. The molecule has 1 fully saturated rings. The molecule has 2 aromatic carbocycles. The number of hydrogen-bond donors (Lipinski definition) is 0. The summed E-state index contributed by atoms with van der Waals surface area (Å²) in [5, 5.41) is 0. The molecule has 5 heteroatoms. The van der Waals surface area contributed by atoms with Crippen LogP contribution < -0.4 is 9.64 Å². The van der Waals surface area contributed by atoms with Crippen molar-refractivity contribution >= 4 is 17.6 Å². The van der Waals surface area contributed by atoms with Crippen molar-refractivity contribution in [2.45, 2.75) is 20.3 Å². The molecule has 1 heterocycles. The first-order chi connectivity index (χ1) is 12.6. The van der Waals surface area contributed by atoms with Gasteiger partial charge in [-0.15, -0.1) is 0 Å². The molecule has 2 atom stereocenters. The van der Waals surface area contributed by atoms with E-state index in [-0.39, 0.29) is 18.4 Å². The Kier molecular flexibility index (Phi) is 5.56. The standard InChI is InChI=1S/C21H23NO4/c1-3-15-14-22(20(23)19(15)21(24)25-4-2)16-9-8-12-18(13-16)26-17-10-6-5-7-11-17/h5-13,15,19H,3-4,14H2,1-2H3. The normalized spacial score (nSPS) is 19.5. The maximum atomic E-state index is 12.8. The fourth-order valence-corrected chi connectivity index (χ4v) is 3.26. The SMILES string of the molecule is CCOC(=O)C1C(=O)N(c2cccc(Oc3ccccc3)c2)CC1CC. The van der Waals surface area contributed by atoms with Gasteiger partial charge in [-0.05, 0) is 37.1 Å². The number of rotatable bonds is 6. The van der Waals surface area contributed by atoms with E-state index in [0.717, 1.165) is 17.9 Å². The molecule has 0 saturated carbocycles. The van der Waals surface area contributed by atoms with Gasteiger partial charge in [0.05, 0.1) is 6.61 Å². The lowest BCUT2D eigenvalue weighted by atomic mass is 9.93. The number of hydrogen-bond acceptors (Lipinski definition) is 4. The molecule has 2 aromatic rings. The minimum atomic E-state index is -0.723. The molecule has 1 aliphatic rings. The van der Waals surface area contributed by atoms with Crippen LogP contribution >= 0.6 is 0 Å². The predicted molar refractivity (Wildman–Crippen MR) is 99.2 cm³/mol. The molecule has 2 unspecified atom stereocenters. The maximum Gasteiger partial charge on any atom is 0.318 e. The van der Waals surface area contributed by atoms with Gasteiger partial charge in [-0.1, -0.05) is 37.6 Å². The van der Waals surface area contributed by atoms with E-state index in [1.165, 1.54) is 0 Å². The Morgan fingerprint density at radius 1 is 1.08 bits per heavy atom. The summed E-state index contributed by atoms with van der Waals surface area (Å²) in [6.45, 7) is 4.52. The number of nitrogens with zero attached hydrogens (tertiary/aromatic N) is 1. The van der Waals surface area contributed by atoms with E-state index in [1.807, 2.05) is 61.5 Å². The average molecular weight is 353 g/mol. The van der Waals surface area contributed by atoms with Crippen molar-refractivity contribution in [2.24, 2.45) is 11.8 Å². The van der Waals surface area contributed by atoms with Crippen LogP contribution in [0.4, 0.5) is 5.69 Å². The molecule has 1 amide bonds. The van der Waals surface area contributed by atoms with Crippen molar-refractivity contribution in [3.63, 3.8) is 0 Å². The molecule has 26 heavy (non-hydrogen) atoms. The van der Waals surface area contributed by atoms with Crippen LogP contribution in [0.1, 0.15) is 20.3 Å². The van der Waals surface area contributed by atoms with Crippen LogP contribution in [0, 0.1) is 11.8 Å². The highest BCUT2D eigenvalue weighted by atomic mass is 16.5. The summed E-state index contributed by atoms with van der Waals surface area (Å²) in [6, 6.07) is 16.8. The lowest BCUT2D eigenvalue weighted by Crippen LogP contribution is -2.32. The number of amides is 1. The molecule has 5 nitrogen and oxygen atoms in total. The van der Waals surface area contributed by atoms with E-state index in [4.69, 9.17) is 9.47 Å². The first kappa shape index (κ1) is 18.0. The molecule has 0 N–H and O–H groups in total. The van der Waals surface area contributed by atoms with Crippen molar-refractivity contribution in [3.8, 4) is 11.5 Å². The smallest absolute Gasteiger partial charge is 0.318 e. The first-order valence-electron chi connectivity index (χ1n) is 8.95. The van der Waals surface area contributed by atoms with E-state index in [0.29, 0.717) is 12.3 Å². The van der Waals surface area contributed by atoms with E-state index in [2.05, 4.69) is 0 Å². The zero-order valence-electron chi connectivity index (χ0n) is 15.1. The highest BCUT2D eigenvalue weighted by molar-refractivity contribution is 6.08. The number of para-hydroxylation sites is 1. The van der Waals surface area contributed by atoms with E-state index in [9.17, 15) is 9.59 Å². The fourth-order valence-electron chi connectivity index (χ4n) is 3.26. The van der Waals surface area contributed by atoms with Gasteiger partial charge in [0.2, 0.25) is 5.91 Å². The van der Waals surface area contributed by atoms with Crippen LogP contribution in [-0.2, 0) is 14.3 Å². The Hall–Kier alpha value is -2.82. The topological polar surface area (TPSA) is 55.8 Å². The Bertz CT molecular complexity index is 775. The van der Waals surface area contributed by atoms with Gasteiger partial charge in [-0.2, -0.15) is 0 Å². The van der Waals surface area contributed by atoms with Crippen molar-refractivity contribution in [1.82, 2.24) is 0 Å². The van der Waals surface area contributed by atoms with Crippen molar-refractivity contribution in [2.75, 3.05) is 18.1 Å². The number of ether oxygens (including phenoxy) is 2. The van der Waals surface area contributed by atoms with Crippen molar-refractivity contribution < 1.29 is 19.1 Å². The highest BCUT2D eigenvalue weighted by Crippen LogP contribution is 2.34. The zero-order chi connectivity index (χ0) is 18.5. The summed E-state index contributed by atoms with van der Waals surface area (Å²) < 4.78 is 11.0. The van der Waals surface area contributed by atoms with Crippen LogP contribution in [0.25, 0.3) is 0 Å². The number of esters is 1. The van der Waals surface area contributed by atoms with Gasteiger partial charge in [0, 0.05) is 18.3 Å². The fraction of sp³-hybridized carbons (Fsp3) is 0.333. The minimum absolute atomic E-state index is 0.0414. The Balaban J connectivity index is 1.81. The largest absolute Gasteiger partial charge is 0.465 e. The van der Waals surface area contributed by atoms with Gasteiger partial charge in [-0.25, -0.2) is 0 Å². The van der Waals surface area contributed by atoms with Crippen LogP contribution in [0.15, 0.2) is 54.6 Å². The highest BCUT2D eigenvalue weighted by Gasteiger charge is 2.45. The van der Waals surface area contributed by atoms with Gasteiger partial charge in [0.25, 0.3) is 0 Å². The molecule has 0 aromatic heterocycles. The second-order valence-corrected chi connectivity index (χ2v) is 6.26. The molecular weight excluding hydrogens is 330 g/mol. The summed E-state index contributed by atoms with van der Waals surface area (Å²) >= 11 is 0. The van der Waals surface area contributed by atoms with Gasteiger partial charge in [0.1, 0.15) is 17.4 Å². The summed E-state index contributed by atoms with van der Waals surface area (Å²) in [6.07, 6.45) is 0.742. The van der Waals surface area contributed by atoms with Gasteiger partial charge < -0.3 is 14.4 Å². The van der Waals surface area contributed by atoms with Gasteiger partial charge in [-0.3, -0.25) is 9.59 Å². The molecule has 3 rings (SSSR count). The zero-order valence-corrected chi connectivity index (χ0v) is 15.1. The monoisotopic (exact) mass is 353 g/mol. The van der Waals surface area contributed by atoms with Crippen molar-refractivity contribution in [1.29, 1.82) is 0 Å². The third kappa shape index (κ3) is 3.72. The second kappa shape index (κ2) is 8.04. The van der Waals surface area contributed by atoms with E-state index in [1.54, 1.807) is 11.8 Å². The number of anilines is 1. The maximum absolute atomic E-state index is 12.8. The molecule has 1 saturated heterocycles. The van der Waals surface area contributed by atoms with E-state index >= 15 is 0 Å². The minimum Gasteiger partial charge on any atom is -0.465 e. The summed E-state index contributed by atoms with van der Waals surface area (Å²) in [4.78, 5) is 26.7. The van der Waals surface area contributed by atoms with Crippen LogP contribution in [0.2, 0.25) is 0 Å². The summed E-state index contributed by atoms with van der Waals surface area (Å²) in [5.41, 5.74) is 0.730. The average Bonchev–Trinajstić information content (AvgIpc) is 2.99. The Labute approximate surface area is 153 Å². The van der Waals surface area contributed by atoms with Crippen molar-refractivity contribution in [3.05, 3.63) is 54.6 Å². The lowest BCUT2D eigenvalue weighted by Gasteiger charge is -2.17. The summed E-state index contributed by atoms with van der Waals surface area (Å²) in [5.74, 6) is -0.0167. The number of carbonyl (C=O) groups is 2. The third-order valence-corrected chi connectivity index (χ3v) is 4.59.